The Morgan fingerprint density at radius 1 is 1.00 bits per heavy atom. The standard InChI is InChI=1S/C24H22F2NO3/c1-3-23(29-20-11-4-16(2)5-12-20)30-24(28)27-22-13-8-18(15-21(22)26)14-17-6-9-19(25)10-7-17/h4-13,15,23H,1,3,14H2,2H3,(H,27,28)/t23-/m1/s1. The van der Waals surface area contributed by atoms with Crippen LogP contribution in [0.15, 0.2) is 66.7 Å². The second-order valence-electron chi connectivity index (χ2n) is 6.80. The summed E-state index contributed by atoms with van der Waals surface area (Å²) in [5.74, 6) is -0.384. The normalized spacial score (nSPS) is 11.6. The number of ether oxygens (including phenoxy) is 2. The van der Waals surface area contributed by atoms with Crippen molar-refractivity contribution in [1.29, 1.82) is 0 Å². The van der Waals surface area contributed by atoms with Crippen molar-refractivity contribution in [2.45, 2.75) is 26.1 Å². The van der Waals surface area contributed by atoms with Crippen molar-refractivity contribution in [1.82, 2.24) is 0 Å². The van der Waals surface area contributed by atoms with Gasteiger partial charge in [-0.05, 0) is 67.8 Å². The predicted molar refractivity (Wildman–Crippen MR) is 111 cm³/mol. The number of hydrogen-bond acceptors (Lipinski definition) is 3. The van der Waals surface area contributed by atoms with E-state index in [2.05, 4.69) is 12.2 Å². The van der Waals surface area contributed by atoms with E-state index in [-0.39, 0.29) is 17.9 Å². The van der Waals surface area contributed by atoms with Crippen LogP contribution in [0.3, 0.4) is 0 Å². The van der Waals surface area contributed by atoms with Gasteiger partial charge in [-0.1, -0.05) is 35.9 Å². The molecule has 1 atom stereocenters. The first-order valence-electron chi connectivity index (χ1n) is 9.46. The van der Waals surface area contributed by atoms with Crippen molar-refractivity contribution in [3.63, 3.8) is 0 Å². The van der Waals surface area contributed by atoms with Gasteiger partial charge in [0.05, 0.1) is 5.69 Å². The van der Waals surface area contributed by atoms with Crippen LogP contribution in [0.5, 0.6) is 5.75 Å². The molecule has 0 saturated heterocycles. The van der Waals surface area contributed by atoms with Crippen LogP contribution in [0.25, 0.3) is 0 Å². The molecule has 3 aromatic rings. The molecule has 0 aliphatic rings. The van der Waals surface area contributed by atoms with Crippen molar-refractivity contribution in [3.8, 4) is 5.75 Å². The molecule has 3 rings (SSSR count). The average molecular weight is 410 g/mol. The number of hydrogen-bond donors (Lipinski definition) is 1. The van der Waals surface area contributed by atoms with Gasteiger partial charge in [-0.3, -0.25) is 5.32 Å². The van der Waals surface area contributed by atoms with E-state index in [1.807, 2.05) is 19.1 Å². The van der Waals surface area contributed by atoms with E-state index < -0.39 is 18.2 Å². The first kappa shape index (κ1) is 21.3. The summed E-state index contributed by atoms with van der Waals surface area (Å²) in [6.45, 7) is 5.66. The van der Waals surface area contributed by atoms with Crippen LogP contribution in [-0.2, 0) is 11.2 Å². The van der Waals surface area contributed by atoms with Gasteiger partial charge in [0.2, 0.25) is 6.29 Å². The Bertz CT molecular complexity index is 988. The summed E-state index contributed by atoms with van der Waals surface area (Å²) in [5, 5.41) is 2.37. The lowest BCUT2D eigenvalue weighted by atomic mass is 10.0. The smallest absolute Gasteiger partial charge is 0.414 e. The van der Waals surface area contributed by atoms with Gasteiger partial charge in [0.1, 0.15) is 17.4 Å². The molecule has 1 N–H and O–H groups in total. The highest BCUT2D eigenvalue weighted by Gasteiger charge is 2.16. The lowest BCUT2D eigenvalue weighted by molar-refractivity contribution is -0.0240. The van der Waals surface area contributed by atoms with E-state index in [0.717, 1.165) is 11.1 Å². The molecule has 1 radical (unpaired) electrons. The summed E-state index contributed by atoms with van der Waals surface area (Å²) in [4.78, 5) is 12.1. The molecule has 0 heterocycles. The maximum atomic E-state index is 14.4. The number of anilines is 1. The highest BCUT2D eigenvalue weighted by atomic mass is 19.1. The quantitative estimate of drug-likeness (QED) is 0.483. The molecule has 0 aliphatic carbocycles. The second kappa shape index (κ2) is 9.87. The lowest BCUT2D eigenvalue weighted by Crippen LogP contribution is -2.27. The second-order valence-corrected chi connectivity index (χ2v) is 6.80. The third-order valence-electron chi connectivity index (χ3n) is 4.35. The topological polar surface area (TPSA) is 47.6 Å². The zero-order valence-corrected chi connectivity index (χ0v) is 16.5. The summed E-state index contributed by atoms with van der Waals surface area (Å²) in [5.41, 5.74) is 2.60. The Hall–Kier alpha value is -3.41. The minimum Gasteiger partial charge on any atom is -0.455 e. The molecule has 1 amide bonds. The van der Waals surface area contributed by atoms with Crippen molar-refractivity contribution in [2.24, 2.45) is 0 Å². The third-order valence-corrected chi connectivity index (χ3v) is 4.35. The molecule has 0 bridgehead atoms. The van der Waals surface area contributed by atoms with Crippen molar-refractivity contribution < 1.29 is 23.0 Å². The van der Waals surface area contributed by atoms with Crippen LogP contribution in [0.4, 0.5) is 19.3 Å². The van der Waals surface area contributed by atoms with Gasteiger partial charge in [0, 0.05) is 6.42 Å². The van der Waals surface area contributed by atoms with Gasteiger partial charge in [0.25, 0.3) is 0 Å². The number of carbonyl (C=O) groups is 1. The monoisotopic (exact) mass is 410 g/mol. The van der Waals surface area contributed by atoms with Gasteiger partial charge in [-0.2, -0.15) is 0 Å². The van der Waals surface area contributed by atoms with Crippen molar-refractivity contribution >= 4 is 11.8 Å². The summed E-state index contributed by atoms with van der Waals surface area (Å²) in [7, 11) is 0. The third kappa shape index (κ3) is 6.04. The summed E-state index contributed by atoms with van der Waals surface area (Å²) in [6.07, 6.45) is -1.13. The van der Waals surface area contributed by atoms with Crippen LogP contribution in [-0.4, -0.2) is 12.4 Å². The molecule has 0 fully saturated rings. The average Bonchev–Trinajstić information content (AvgIpc) is 2.73. The largest absolute Gasteiger partial charge is 0.455 e. The fourth-order valence-corrected chi connectivity index (χ4v) is 2.78. The van der Waals surface area contributed by atoms with E-state index in [0.29, 0.717) is 17.7 Å². The lowest BCUT2D eigenvalue weighted by Gasteiger charge is -2.18. The van der Waals surface area contributed by atoms with E-state index in [1.54, 1.807) is 30.3 Å². The molecule has 0 aliphatic heterocycles. The van der Waals surface area contributed by atoms with Gasteiger partial charge < -0.3 is 9.47 Å². The Labute approximate surface area is 174 Å². The van der Waals surface area contributed by atoms with Crippen LogP contribution in [0, 0.1) is 25.5 Å². The fraction of sp³-hybridized carbons (Fsp3) is 0.167. The molecule has 0 aromatic heterocycles. The minimum atomic E-state index is -0.909. The minimum absolute atomic E-state index is 0.0130. The zero-order chi connectivity index (χ0) is 21.5. The first-order chi connectivity index (χ1) is 14.4. The molecule has 4 nitrogen and oxygen atoms in total. The predicted octanol–water partition coefficient (Wildman–Crippen LogP) is 6.04. The van der Waals surface area contributed by atoms with Crippen LogP contribution in [0.1, 0.15) is 23.1 Å². The summed E-state index contributed by atoms with van der Waals surface area (Å²) < 4.78 is 38.2. The SMILES string of the molecule is [CH2]C[C@@H](OC(=O)Nc1ccc(Cc2ccc(F)cc2)cc1F)Oc1ccc(C)cc1. The molecule has 155 valence electrons. The summed E-state index contributed by atoms with van der Waals surface area (Å²) in [6, 6.07) is 17.7. The highest BCUT2D eigenvalue weighted by Crippen LogP contribution is 2.20. The van der Waals surface area contributed by atoms with Crippen molar-refractivity contribution in [3.05, 3.63) is 102 Å². The van der Waals surface area contributed by atoms with Gasteiger partial charge in [-0.15, -0.1) is 0 Å². The molecular weight excluding hydrogens is 388 g/mol. The van der Waals surface area contributed by atoms with Crippen LogP contribution in [0.2, 0.25) is 0 Å². The van der Waals surface area contributed by atoms with E-state index in [1.165, 1.54) is 24.3 Å². The molecule has 0 spiro atoms. The zero-order valence-electron chi connectivity index (χ0n) is 16.5. The number of nitrogens with one attached hydrogen (secondary N) is 1. The van der Waals surface area contributed by atoms with E-state index in [9.17, 15) is 13.6 Å². The maximum Gasteiger partial charge on any atom is 0.414 e. The highest BCUT2D eigenvalue weighted by molar-refractivity contribution is 5.84. The molecule has 0 unspecified atom stereocenters. The Balaban J connectivity index is 1.58. The number of benzene rings is 3. The van der Waals surface area contributed by atoms with Gasteiger partial charge >= 0.3 is 6.09 Å². The number of amides is 1. The first-order valence-corrected chi connectivity index (χ1v) is 9.46. The van der Waals surface area contributed by atoms with E-state index in [4.69, 9.17) is 9.47 Å². The fourth-order valence-electron chi connectivity index (χ4n) is 2.78. The Morgan fingerprint density at radius 2 is 1.67 bits per heavy atom. The van der Waals surface area contributed by atoms with Crippen LogP contribution < -0.4 is 10.1 Å². The number of aryl methyl sites for hydroxylation is 1. The molecule has 6 heteroatoms. The number of halogens is 2. The molecule has 3 aromatic carbocycles. The maximum absolute atomic E-state index is 14.4. The van der Waals surface area contributed by atoms with Gasteiger partial charge in [-0.25, -0.2) is 13.6 Å². The summed E-state index contributed by atoms with van der Waals surface area (Å²) >= 11 is 0. The van der Waals surface area contributed by atoms with E-state index >= 15 is 0 Å². The molecule has 0 saturated carbocycles. The number of carbonyl (C=O) groups excluding carboxylic acids is 1. The Kier molecular flexibility index (Phi) is 7.01. The van der Waals surface area contributed by atoms with Crippen molar-refractivity contribution in [2.75, 3.05) is 5.32 Å². The molecule has 30 heavy (non-hydrogen) atoms. The Morgan fingerprint density at radius 3 is 2.30 bits per heavy atom. The van der Waals surface area contributed by atoms with Crippen LogP contribution >= 0.6 is 0 Å². The van der Waals surface area contributed by atoms with Gasteiger partial charge in [0.15, 0.2) is 0 Å². The molecular formula is C24H22F2NO3. The number of rotatable bonds is 7.